The number of nitrogen functional groups attached to an aromatic ring is 1. The third kappa shape index (κ3) is 3.06. The topological polar surface area (TPSA) is 78.8 Å². The van der Waals surface area contributed by atoms with E-state index < -0.39 is 0 Å². The van der Waals surface area contributed by atoms with Crippen molar-refractivity contribution in [1.29, 1.82) is 5.26 Å². The van der Waals surface area contributed by atoms with Crippen molar-refractivity contribution in [1.82, 2.24) is 9.97 Å². The highest BCUT2D eigenvalue weighted by Crippen LogP contribution is 2.23. The molecule has 17 heavy (non-hydrogen) atoms. The van der Waals surface area contributed by atoms with Gasteiger partial charge < -0.3 is 10.6 Å². The van der Waals surface area contributed by atoms with Crippen LogP contribution in [-0.2, 0) is 0 Å². The first kappa shape index (κ1) is 13.2. The quantitative estimate of drug-likeness (QED) is 0.857. The summed E-state index contributed by atoms with van der Waals surface area (Å²) in [5.41, 5.74) is 6.72. The summed E-state index contributed by atoms with van der Waals surface area (Å²) in [6.45, 7) is 8.54. The summed E-state index contributed by atoms with van der Waals surface area (Å²) >= 11 is 0. The molecule has 92 valence electrons. The molecule has 0 fully saturated rings. The summed E-state index contributed by atoms with van der Waals surface area (Å²) in [6.07, 6.45) is 0.473. The Hall–Kier alpha value is -1.83. The Bertz CT molecular complexity index is 433. The van der Waals surface area contributed by atoms with Crippen molar-refractivity contribution in [3.8, 4) is 6.07 Å². The average molecular weight is 233 g/mol. The van der Waals surface area contributed by atoms with E-state index in [1.54, 1.807) is 0 Å². The van der Waals surface area contributed by atoms with Gasteiger partial charge in [0.05, 0.1) is 12.5 Å². The van der Waals surface area contributed by atoms with Gasteiger partial charge in [-0.15, -0.1) is 0 Å². The summed E-state index contributed by atoms with van der Waals surface area (Å²) in [5, 5.41) is 8.69. The molecule has 5 heteroatoms. The largest absolute Gasteiger partial charge is 0.383 e. The maximum atomic E-state index is 8.69. The lowest BCUT2D eigenvalue weighted by atomic mass is 10.2. The molecule has 0 aliphatic heterocycles. The van der Waals surface area contributed by atoms with Crippen LogP contribution in [0.2, 0.25) is 0 Å². The van der Waals surface area contributed by atoms with Crippen LogP contribution in [0.15, 0.2) is 0 Å². The molecule has 0 atom stereocenters. The molecule has 0 aliphatic carbocycles. The van der Waals surface area contributed by atoms with Crippen LogP contribution in [0.1, 0.15) is 31.7 Å². The van der Waals surface area contributed by atoms with Crippen molar-refractivity contribution in [3.63, 3.8) is 0 Å². The molecule has 0 unspecified atom stereocenters. The average Bonchev–Trinajstić information content (AvgIpc) is 2.24. The summed E-state index contributed by atoms with van der Waals surface area (Å²) < 4.78 is 0. The highest BCUT2D eigenvalue weighted by molar-refractivity contribution is 5.56. The minimum atomic E-state index is 0.274. The van der Waals surface area contributed by atoms with E-state index in [2.05, 4.69) is 34.8 Å². The molecule has 1 aromatic rings. The van der Waals surface area contributed by atoms with E-state index in [-0.39, 0.29) is 6.04 Å². The Labute approximate surface area is 102 Å². The van der Waals surface area contributed by atoms with Crippen molar-refractivity contribution >= 4 is 11.6 Å². The van der Waals surface area contributed by atoms with Gasteiger partial charge in [-0.2, -0.15) is 5.26 Å². The molecule has 0 saturated heterocycles. The van der Waals surface area contributed by atoms with Crippen LogP contribution in [-0.4, -0.2) is 22.6 Å². The fourth-order valence-electron chi connectivity index (χ4n) is 1.69. The molecule has 0 saturated carbocycles. The number of hydrogen-bond donors (Lipinski definition) is 1. The summed E-state index contributed by atoms with van der Waals surface area (Å²) in [4.78, 5) is 10.7. The number of aryl methyl sites for hydroxylation is 1. The lowest BCUT2D eigenvalue weighted by molar-refractivity contribution is 0.671. The molecule has 1 rings (SSSR count). The summed E-state index contributed by atoms with van der Waals surface area (Å²) in [7, 11) is 0. The van der Waals surface area contributed by atoms with Crippen LogP contribution in [0.4, 0.5) is 11.6 Å². The Morgan fingerprint density at radius 2 is 2.00 bits per heavy atom. The standard InChI is InChI=1S/C12H19N5/c1-8(2)17(7-5-6-13)12-9(3)11(14)15-10(4)16-12/h8H,5,7H2,1-4H3,(H2,14,15,16). The fraction of sp³-hybridized carbons (Fsp3) is 0.583. The van der Waals surface area contributed by atoms with E-state index in [1.165, 1.54) is 0 Å². The SMILES string of the molecule is Cc1nc(N)c(C)c(N(CCC#N)C(C)C)n1. The van der Waals surface area contributed by atoms with Gasteiger partial charge in [0.2, 0.25) is 0 Å². The lowest BCUT2D eigenvalue weighted by Crippen LogP contribution is -2.33. The van der Waals surface area contributed by atoms with Gasteiger partial charge in [0.1, 0.15) is 17.5 Å². The number of nitrogens with two attached hydrogens (primary N) is 1. The number of aromatic nitrogens is 2. The molecule has 2 N–H and O–H groups in total. The highest BCUT2D eigenvalue weighted by Gasteiger charge is 2.16. The van der Waals surface area contributed by atoms with Crippen molar-refractivity contribution in [3.05, 3.63) is 11.4 Å². The molecule has 5 nitrogen and oxygen atoms in total. The molecule has 0 radical (unpaired) electrons. The zero-order chi connectivity index (χ0) is 13.0. The van der Waals surface area contributed by atoms with Crippen molar-refractivity contribution in [2.75, 3.05) is 17.2 Å². The second-order valence-corrected chi connectivity index (χ2v) is 4.30. The zero-order valence-electron chi connectivity index (χ0n) is 10.9. The first-order valence-electron chi connectivity index (χ1n) is 5.71. The van der Waals surface area contributed by atoms with Crippen LogP contribution in [0.3, 0.4) is 0 Å². The van der Waals surface area contributed by atoms with Gasteiger partial charge in [-0.1, -0.05) is 0 Å². The van der Waals surface area contributed by atoms with E-state index >= 15 is 0 Å². The Morgan fingerprint density at radius 1 is 1.35 bits per heavy atom. The molecule has 0 aromatic carbocycles. The number of hydrogen-bond acceptors (Lipinski definition) is 5. The normalized spacial score (nSPS) is 10.4. The number of nitrogens with zero attached hydrogens (tertiary/aromatic N) is 4. The molecular formula is C12H19N5. The predicted octanol–water partition coefficient (Wildman–Crippen LogP) is 1.80. The Morgan fingerprint density at radius 3 is 2.53 bits per heavy atom. The molecule has 0 aliphatic rings. The third-order valence-electron chi connectivity index (χ3n) is 2.63. The van der Waals surface area contributed by atoms with Gasteiger partial charge in [0, 0.05) is 18.2 Å². The minimum absolute atomic E-state index is 0.274. The molecule has 1 aromatic heterocycles. The second-order valence-electron chi connectivity index (χ2n) is 4.30. The third-order valence-corrected chi connectivity index (χ3v) is 2.63. The van der Waals surface area contributed by atoms with Crippen molar-refractivity contribution in [2.24, 2.45) is 0 Å². The van der Waals surface area contributed by atoms with Gasteiger partial charge in [0.25, 0.3) is 0 Å². The first-order valence-corrected chi connectivity index (χ1v) is 5.71. The Kier molecular flexibility index (Phi) is 4.27. The van der Waals surface area contributed by atoms with Crippen LogP contribution in [0.5, 0.6) is 0 Å². The van der Waals surface area contributed by atoms with Gasteiger partial charge in [0.15, 0.2) is 0 Å². The van der Waals surface area contributed by atoms with Gasteiger partial charge in [-0.05, 0) is 27.7 Å². The smallest absolute Gasteiger partial charge is 0.137 e. The molecule has 0 spiro atoms. The monoisotopic (exact) mass is 233 g/mol. The first-order chi connectivity index (χ1) is 7.97. The number of rotatable bonds is 4. The summed E-state index contributed by atoms with van der Waals surface area (Å²) in [5.74, 6) is 2.00. The van der Waals surface area contributed by atoms with E-state index in [9.17, 15) is 0 Å². The maximum Gasteiger partial charge on any atom is 0.137 e. The van der Waals surface area contributed by atoms with E-state index in [0.717, 1.165) is 11.4 Å². The summed E-state index contributed by atoms with van der Waals surface area (Å²) in [6, 6.07) is 2.43. The molecule has 1 heterocycles. The van der Waals surface area contributed by atoms with Gasteiger partial charge >= 0.3 is 0 Å². The van der Waals surface area contributed by atoms with E-state index in [4.69, 9.17) is 11.0 Å². The van der Waals surface area contributed by atoms with Gasteiger partial charge in [-0.3, -0.25) is 0 Å². The van der Waals surface area contributed by atoms with Crippen molar-refractivity contribution in [2.45, 2.75) is 40.2 Å². The van der Waals surface area contributed by atoms with Crippen LogP contribution in [0, 0.1) is 25.2 Å². The van der Waals surface area contributed by atoms with Crippen LogP contribution in [0.25, 0.3) is 0 Å². The van der Waals surface area contributed by atoms with Crippen molar-refractivity contribution < 1.29 is 0 Å². The van der Waals surface area contributed by atoms with Crippen LogP contribution < -0.4 is 10.6 Å². The maximum absolute atomic E-state index is 8.69. The minimum Gasteiger partial charge on any atom is -0.383 e. The number of anilines is 2. The second kappa shape index (κ2) is 5.48. The molecule has 0 bridgehead atoms. The fourth-order valence-corrected chi connectivity index (χ4v) is 1.69. The lowest BCUT2D eigenvalue weighted by Gasteiger charge is -2.28. The molecular weight excluding hydrogens is 214 g/mol. The van der Waals surface area contributed by atoms with Crippen LogP contribution >= 0.6 is 0 Å². The highest BCUT2D eigenvalue weighted by atomic mass is 15.2. The Balaban J connectivity index is 3.14. The molecule has 0 amide bonds. The van der Waals surface area contributed by atoms with Gasteiger partial charge in [-0.25, -0.2) is 9.97 Å². The predicted molar refractivity (Wildman–Crippen MR) is 68.6 cm³/mol. The van der Waals surface area contributed by atoms with E-state index in [1.807, 2.05) is 13.8 Å². The zero-order valence-corrected chi connectivity index (χ0v) is 10.9. The number of nitriles is 1. The van der Waals surface area contributed by atoms with E-state index in [0.29, 0.717) is 24.6 Å².